The van der Waals surface area contributed by atoms with Crippen LogP contribution in [0.25, 0.3) is 0 Å². The average Bonchev–Trinajstić information content (AvgIpc) is 3.09. The molecule has 1 aromatic heterocycles. The quantitative estimate of drug-likeness (QED) is 0.854. The lowest BCUT2D eigenvalue weighted by atomic mass is 10.1. The third-order valence-electron chi connectivity index (χ3n) is 4.23. The van der Waals surface area contributed by atoms with Gasteiger partial charge in [-0.2, -0.15) is 0 Å². The van der Waals surface area contributed by atoms with Gasteiger partial charge in [0.1, 0.15) is 0 Å². The van der Waals surface area contributed by atoms with Gasteiger partial charge in [-0.25, -0.2) is 0 Å². The van der Waals surface area contributed by atoms with Crippen LogP contribution in [-0.4, -0.2) is 40.8 Å². The van der Waals surface area contributed by atoms with Crippen LogP contribution in [0.4, 0.5) is 0 Å². The molecule has 1 aliphatic heterocycles. The number of nitrogens with zero attached hydrogens (tertiary/aromatic N) is 2. The molecule has 0 radical (unpaired) electrons. The highest BCUT2D eigenvalue weighted by Gasteiger charge is 2.21. The van der Waals surface area contributed by atoms with Crippen LogP contribution >= 0.6 is 0 Å². The second-order valence-electron chi connectivity index (χ2n) is 6.12. The summed E-state index contributed by atoms with van der Waals surface area (Å²) < 4.78 is 5.77. The normalized spacial score (nSPS) is 19.1. The zero-order valence-electron chi connectivity index (χ0n) is 13.3. The number of ether oxygens (including phenoxy) is 1. The van der Waals surface area contributed by atoms with Crippen LogP contribution in [0.1, 0.15) is 30.1 Å². The lowest BCUT2D eigenvalue weighted by molar-refractivity contribution is 0.0460. The van der Waals surface area contributed by atoms with Crippen molar-refractivity contribution in [3.8, 4) is 0 Å². The smallest absolute Gasteiger partial charge is 0.0917 e. The molecule has 0 bridgehead atoms. The SMILES string of the molecule is OC(CN(Cc1cccnc1)CC1CCCO1)c1ccccc1. The zero-order chi connectivity index (χ0) is 15.9. The molecule has 0 amide bonds. The first-order valence-corrected chi connectivity index (χ1v) is 8.27. The molecular weight excluding hydrogens is 288 g/mol. The highest BCUT2D eigenvalue weighted by molar-refractivity contribution is 5.17. The van der Waals surface area contributed by atoms with Gasteiger partial charge in [-0.05, 0) is 30.0 Å². The van der Waals surface area contributed by atoms with Gasteiger partial charge in [0, 0.05) is 38.6 Å². The number of aliphatic hydroxyl groups excluding tert-OH is 1. The number of hydrogen-bond donors (Lipinski definition) is 1. The van der Waals surface area contributed by atoms with Crippen LogP contribution < -0.4 is 0 Å². The number of rotatable bonds is 7. The van der Waals surface area contributed by atoms with Crippen LogP contribution in [0, 0.1) is 0 Å². The fraction of sp³-hybridized carbons (Fsp3) is 0.421. The molecule has 3 rings (SSSR count). The van der Waals surface area contributed by atoms with Crippen molar-refractivity contribution in [2.45, 2.75) is 31.6 Å². The Morgan fingerprint density at radius 2 is 2.09 bits per heavy atom. The highest BCUT2D eigenvalue weighted by Crippen LogP contribution is 2.19. The van der Waals surface area contributed by atoms with E-state index < -0.39 is 6.10 Å². The number of hydrogen-bond acceptors (Lipinski definition) is 4. The molecule has 1 fully saturated rings. The first-order valence-electron chi connectivity index (χ1n) is 8.27. The average molecular weight is 312 g/mol. The second kappa shape index (κ2) is 8.20. The number of aromatic nitrogens is 1. The molecule has 1 saturated heterocycles. The number of aliphatic hydroxyl groups is 1. The van der Waals surface area contributed by atoms with Crippen LogP contribution in [0.3, 0.4) is 0 Å². The van der Waals surface area contributed by atoms with E-state index >= 15 is 0 Å². The molecular formula is C19H24N2O2. The molecule has 2 atom stereocenters. The summed E-state index contributed by atoms with van der Waals surface area (Å²) in [6.45, 7) is 3.07. The van der Waals surface area contributed by atoms with Crippen LogP contribution in [0.2, 0.25) is 0 Å². The molecule has 2 unspecified atom stereocenters. The molecule has 1 aromatic carbocycles. The van der Waals surface area contributed by atoms with Gasteiger partial charge in [0.15, 0.2) is 0 Å². The Labute approximate surface area is 137 Å². The summed E-state index contributed by atoms with van der Waals surface area (Å²) in [5.74, 6) is 0. The maximum absolute atomic E-state index is 10.5. The Morgan fingerprint density at radius 1 is 1.22 bits per heavy atom. The lowest BCUT2D eigenvalue weighted by Gasteiger charge is -2.27. The zero-order valence-corrected chi connectivity index (χ0v) is 13.3. The molecule has 4 heteroatoms. The molecule has 4 nitrogen and oxygen atoms in total. The first-order chi connectivity index (χ1) is 11.3. The van der Waals surface area contributed by atoms with Crippen molar-refractivity contribution in [2.75, 3.05) is 19.7 Å². The van der Waals surface area contributed by atoms with Gasteiger partial charge >= 0.3 is 0 Å². The predicted octanol–water partition coefficient (Wildman–Crippen LogP) is 2.80. The van der Waals surface area contributed by atoms with Crippen molar-refractivity contribution in [1.82, 2.24) is 9.88 Å². The number of pyridine rings is 1. The van der Waals surface area contributed by atoms with Gasteiger partial charge in [0.05, 0.1) is 12.2 Å². The largest absolute Gasteiger partial charge is 0.387 e. The van der Waals surface area contributed by atoms with Crippen LogP contribution in [0.15, 0.2) is 54.9 Å². The summed E-state index contributed by atoms with van der Waals surface area (Å²) >= 11 is 0. The molecule has 1 aliphatic rings. The van der Waals surface area contributed by atoms with Gasteiger partial charge in [0.2, 0.25) is 0 Å². The fourth-order valence-electron chi connectivity index (χ4n) is 3.05. The standard InChI is InChI=1S/C19H24N2O2/c22-19(17-7-2-1-3-8-17)15-21(14-18-9-5-11-23-18)13-16-6-4-10-20-12-16/h1-4,6-8,10,12,18-19,22H,5,9,11,13-15H2. The van der Waals surface area contributed by atoms with Crippen LogP contribution in [0.5, 0.6) is 0 Å². The topological polar surface area (TPSA) is 45.6 Å². The molecule has 1 N–H and O–H groups in total. The summed E-state index contributed by atoms with van der Waals surface area (Å²) in [6.07, 6.45) is 5.69. The third kappa shape index (κ3) is 4.86. The van der Waals surface area contributed by atoms with E-state index in [0.29, 0.717) is 6.54 Å². The molecule has 2 heterocycles. The monoisotopic (exact) mass is 312 g/mol. The minimum Gasteiger partial charge on any atom is -0.387 e. The summed E-state index contributed by atoms with van der Waals surface area (Å²) in [6, 6.07) is 13.9. The minimum atomic E-state index is -0.491. The van der Waals surface area contributed by atoms with Crippen LogP contribution in [-0.2, 0) is 11.3 Å². The molecule has 122 valence electrons. The Morgan fingerprint density at radius 3 is 2.78 bits per heavy atom. The minimum absolute atomic E-state index is 0.273. The van der Waals surface area contributed by atoms with Gasteiger partial charge in [-0.1, -0.05) is 36.4 Å². The van der Waals surface area contributed by atoms with E-state index in [1.807, 2.05) is 42.6 Å². The van der Waals surface area contributed by atoms with E-state index in [2.05, 4.69) is 16.0 Å². The van der Waals surface area contributed by atoms with Gasteiger partial charge < -0.3 is 9.84 Å². The lowest BCUT2D eigenvalue weighted by Crippen LogP contribution is -2.35. The summed E-state index contributed by atoms with van der Waals surface area (Å²) in [5.41, 5.74) is 2.11. The van der Waals surface area contributed by atoms with E-state index in [1.165, 1.54) is 0 Å². The highest BCUT2D eigenvalue weighted by atomic mass is 16.5. The van der Waals surface area contributed by atoms with E-state index in [1.54, 1.807) is 6.20 Å². The van der Waals surface area contributed by atoms with Crippen molar-refractivity contribution < 1.29 is 9.84 Å². The number of benzene rings is 1. The van der Waals surface area contributed by atoms with Gasteiger partial charge in [0.25, 0.3) is 0 Å². The molecule has 2 aromatic rings. The summed E-state index contributed by atoms with van der Waals surface area (Å²) in [5, 5.41) is 10.5. The Bertz CT molecular complexity index is 570. The van der Waals surface area contributed by atoms with Crippen molar-refractivity contribution in [1.29, 1.82) is 0 Å². The van der Waals surface area contributed by atoms with E-state index in [4.69, 9.17) is 4.74 Å². The Balaban J connectivity index is 1.66. The fourth-order valence-corrected chi connectivity index (χ4v) is 3.05. The summed E-state index contributed by atoms with van der Waals surface area (Å²) in [7, 11) is 0. The third-order valence-corrected chi connectivity index (χ3v) is 4.23. The van der Waals surface area contributed by atoms with Gasteiger partial charge in [-0.3, -0.25) is 9.88 Å². The Hall–Kier alpha value is -1.75. The van der Waals surface area contributed by atoms with Gasteiger partial charge in [-0.15, -0.1) is 0 Å². The van der Waals surface area contributed by atoms with E-state index in [0.717, 1.165) is 43.7 Å². The summed E-state index contributed by atoms with van der Waals surface area (Å²) in [4.78, 5) is 6.45. The molecule has 0 saturated carbocycles. The van der Waals surface area contributed by atoms with Crippen molar-refractivity contribution in [2.24, 2.45) is 0 Å². The van der Waals surface area contributed by atoms with Crippen molar-refractivity contribution >= 4 is 0 Å². The maximum Gasteiger partial charge on any atom is 0.0917 e. The van der Waals surface area contributed by atoms with E-state index in [-0.39, 0.29) is 6.10 Å². The Kier molecular flexibility index (Phi) is 5.75. The molecule has 0 spiro atoms. The predicted molar refractivity (Wildman–Crippen MR) is 89.9 cm³/mol. The van der Waals surface area contributed by atoms with Crippen molar-refractivity contribution in [3.05, 3.63) is 66.0 Å². The van der Waals surface area contributed by atoms with Crippen molar-refractivity contribution in [3.63, 3.8) is 0 Å². The first kappa shape index (κ1) is 16.1. The molecule has 23 heavy (non-hydrogen) atoms. The van der Waals surface area contributed by atoms with E-state index in [9.17, 15) is 5.11 Å². The molecule has 0 aliphatic carbocycles. The maximum atomic E-state index is 10.5. The second-order valence-corrected chi connectivity index (χ2v) is 6.12.